The van der Waals surface area contributed by atoms with Gasteiger partial charge in [0, 0.05) is 10.5 Å². The SMILES string of the molecule is Cc1ccc(SN(C(=N)c2ccc(-c3ccccc3)cc2)c2ccccc2)cc1. The highest BCUT2D eigenvalue weighted by molar-refractivity contribution is 8.01. The molecule has 4 aromatic rings. The third-order valence-electron chi connectivity index (χ3n) is 4.68. The molecule has 29 heavy (non-hydrogen) atoms. The first-order valence-corrected chi connectivity index (χ1v) is 10.3. The van der Waals surface area contributed by atoms with Crippen LogP contribution in [-0.4, -0.2) is 5.84 Å². The van der Waals surface area contributed by atoms with Crippen LogP contribution in [-0.2, 0) is 0 Å². The lowest BCUT2D eigenvalue weighted by molar-refractivity contribution is 1.35. The van der Waals surface area contributed by atoms with Gasteiger partial charge in [0.1, 0.15) is 5.84 Å². The molecule has 0 aliphatic rings. The van der Waals surface area contributed by atoms with Crippen LogP contribution in [0.1, 0.15) is 11.1 Å². The summed E-state index contributed by atoms with van der Waals surface area (Å²) in [7, 11) is 0. The van der Waals surface area contributed by atoms with Crippen LogP contribution in [0.2, 0.25) is 0 Å². The Hall–Kier alpha value is -3.30. The van der Waals surface area contributed by atoms with Crippen molar-refractivity contribution in [3.63, 3.8) is 0 Å². The highest BCUT2D eigenvalue weighted by Gasteiger charge is 2.16. The third-order valence-corrected chi connectivity index (χ3v) is 5.74. The van der Waals surface area contributed by atoms with Gasteiger partial charge < -0.3 is 0 Å². The number of rotatable bonds is 5. The van der Waals surface area contributed by atoms with E-state index in [4.69, 9.17) is 5.41 Å². The van der Waals surface area contributed by atoms with Gasteiger partial charge in [0.2, 0.25) is 0 Å². The Morgan fingerprint density at radius 2 is 1.21 bits per heavy atom. The van der Waals surface area contributed by atoms with E-state index in [1.54, 1.807) is 11.9 Å². The number of amidine groups is 1. The molecule has 0 heterocycles. The first kappa shape index (κ1) is 19.0. The Balaban J connectivity index is 1.63. The van der Waals surface area contributed by atoms with Crippen LogP contribution in [0.15, 0.2) is 114 Å². The summed E-state index contributed by atoms with van der Waals surface area (Å²) >= 11 is 1.56. The molecule has 142 valence electrons. The van der Waals surface area contributed by atoms with Crippen LogP contribution in [0.5, 0.6) is 0 Å². The lowest BCUT2D eigenvalue weighted by atomic mass is 10.0. The van der Waals surface area contributed by atoms with Crippen LogP contribution >= 0.6 is 11.9 Å². The van der Waals surface area contributed by atoms with E-state index >= 15 is 0 Å². The number of anilines is 1. The van der Waals surface area contributed by atoms with E-state index in [1.807, 2.05) is 65.0 Å². The van der Waals surface area contributed by atoms with Gasteiger partial charge in [-0.25, -0.2) is 0 Å². The average Bonchev–Trinajstić information content (AvgIpc) is 2.79. The van der Waals surface area contributed by atoms with Gasteiger partial charge in [0.25, 0.3) is 0 Å². The molecule has 0 atom stereocenters. The Morgan fingerprint density at radius 1 is 0.655 bits per heavy atom. The van der Waals surface area contributed by atoms with E-state index in [1.165, 1.54) is 11.1 Å². The second kappa shape index (κ2) is 8.80. The van der Waals surface area contributed by atoms with E-state index in [0.29, 0.717) is 5.84 Å². The quantitative estimate of drug-likeness (QED) is 0.220. The van der Waals surface area contributed by atoms with E-state index in [0.717, 1.165) is 21.7 Å². The summed E-state index contributed by atoms with van der Waals surface area (Å²) in [6.07, 6.45) is 0. The van der Waals surface area contributed by atoms with Crippen molar-refractivity contribution in [2.45, 2.75) is 11.8 Å². The third kappa shape index (κ3) is 4.58. The van der Waals surface area contributed by atoms with Gasteiger partial charge in [-0.3, -0.25) is 9.71 Å². The molecule has 0 spiro atoms. The fraction of sp³-hybridized carbons (Fsp3) is 0.0385. The number of benzene rings is 4. The van der Waals surface area contributed by atoms with Crippen molar-refractivity contribution in [1.29, 1.82) is 5.41 Å². The van der Waals surface area contributed by atoms with Crippen molar-refractivity contribution in [2.75, 3.05) is 4.31 Å². The fourth-order valence-electron chi connectivity index (χ4n) is 3.06. The lowest BCUT2D eigenvalue weighted by Gasteiger charge is -2.24. The maximum Gasteiger partial charge on any atom is 0.143 e. The minimum atomic E-state index is 0.460. The van der Waals surface area contributed by atoms with Crippen LogP contribution in [0.3, 0.4) is 0 Å². The average molecular weight is 395 g/mol. The van der Waals surface area contributed by atoms with Crippen LogP contribution in [0, 0.1) is 12.3 Å². The molecule has 0 saturated carbocycles. The largest absolute Gasteiger partial charge is 0.283 e. The van der Waals surface area contributed by atoms with E-state index in [-0.39, 0.29) is 0 Å². The zero-order valence-electron chi connectivity index (χ0n) is 16.2. The standard InChI is InChI=1S/C26H22N2S/c1-20-12-18-25(19-13-20)29-28(24-10-6-3-7-11-24)26(27)23-16-14-22(15-17-23)21-8-4-2-5-9-21/h2-19,27H,1H3. The van der Waals surface area contributed by atoms with E-state index in [2.05, 4.69) is 55.5 Å². The van der Waals surface area contributed by atoms with Gasteiger partial charge >= 0.3 is 0 Å². The molecule has 0 aliphatic carbocycles. The first-order chi connectivity index (χ1) is 14.2. The van der Waals surface area contributed by atoms with Gasteiger partial charge in [-0.2, -0.15) is 0 Å². The molecule has 0 saturated heterocycles. The molecule has 0 radical (unpaired) electrons. The number of nitrogens with one attached hydrogen (secondary N) is 1. The van der Waals surface area contributed by atoms with Gasteiger partial charge in [0.15, 0.2) is 0 Å². The molecule has 0 fully saturated rings. The molecule has 3 heteroatoms. The monoisotopic (exact) mass is 394 g/mol. The maximum atomic E-state index is 8.90. The topological polar surface area (TPSA) is 27.1 Å². The second-order valence-corrected chi connectivity index (χ2v) is 7.85. The van der Waals surface area contributed by atoms with E-state index < -0.39 is 0 Å². The molecule has 0 amide bonds. The Bertz CT molecular complexity index is 1070. The molecule has 0 aliphatic heterocycles. The summed E-state index contributed by atoms with van der Waals surface area (Å²) in [5.74, 6) is 0.460. The zero-order valence-corrected chi connectivity index (χ0v) is 17.1. The van der Waals surface area contributed by atoms with Gasteiger partial charge in [0.05, 0.1) is 5.69 Å². The predicted molar refractivity (Wildman–Crippen MR) is 125 cm³/mol. The molecule has 1 N–H and O–H groups in total. The number of hydrogen-bond acceptors (Lipinski definition) is 2. The first-order valence-electron chi connectivity index (χ1n) is 9.55. The lowest BCUT2D eigenvalue weighted by Crippen LogP contribution is -2.23. The summed E-state index contributed by atoms with van der Waals surface area (Å²) in [6.45, 7) is 2.08. The second-order valence-electron chi connectivity index (χ2n) is 6.83. The molecule has 4 rings (SSSR count). The highest BCUT2D eigenvalue weighted by atomic mass is 32.2. The minimum absolute atomic E-state index is 0.460. The number of nitrogens with zero attached hydrogens (tertiary/aromatic N) is 1. The van der Waals surface area contributed by atoms with Crippen LogP contribution in [0.25, 0.3) is 11.1 Å². The van der Waals surface area contributed by atoms with Crippen LogP contribution < -0.4 is 4.31 Å². The molecular formula is C26H22N2S. The maximum absolute atomic E-state index is 8.90. The van der Waals surface area contributed by atoms with Crippen molar-refractivity contribution in [3.05, 3.63) is 120 Å². The van der Waals surface area contributed by atoms with Crippen molar-refractivity contribution >= 4 is 23.5 Å². The van der Waals surface area contributed by atoms with Crippen molar-refractivity contribution in [1.82, 2.24) is 0 Å². The summed E-state index contributed by atoms with van der Waals surface area (Å²) in [5.41, 5.74) is 5.43. The number of para-hydroxylation sites is 1. The zero-order chi connectivity index (χ0) is 20.1. The minimum Gasteiger partial charge on any atom is -0.283 e. The van der Waals surface area contributed by atoms with Gasteiger partial charge in [-0.05, 0) is 54.3 Å². The number of hydrogen-bond donors (Lipinski definition) is 1. The molecule has 0 aromatic heterocycles. The highest BCUT2D eigenvalue weighted by Crippen LogP contribution is 2.31. The smallest absolute Gasteiger partial charge is 0.143 e. The van der Waals surface area contributed by atoms with Gasteiger partial charge in [-0.1, -0.05) is 90.5 Å². The van der Waals surface area contributed by atoms with Gasteiger partial charge in [-0.15, -0.1) is 0 Å². The van der Waals surface area contributed by atoms with Crippen molar-refractivity contribution in [2.24, 2.45) is 0 Å². The Kier molecular flexibility index (Phi) is 5.78. The summed E-state index contributed by atoms with van der Waals surface area (Å²) in [5, 5.41) is 8.90. The fourth-order valence-corrected chi connectivity index (χ4v) is 3.96. The number of aryl methyl sites for hydroxylation is 1. The van der Waals surface area contributed by atoms with Crippen LogP contribution in [0.4, 0.5) is 5.69 Å². The summed E-state index contributed by atoms with van der Waals surface area (Å²) in [6, 6.07) is 37.0. The summed E-state index contributed by atoms with van der Waals surface area (Å²) in [4.78, 5) is 1.10. The van der Waals surface area contributed by atoms with Crippen molar-refractivity contribution in [3.8, 4) is 11.1 Å². The Labute approximate surface area is 176 Å². The predicted octanol–water partition coefficient (Wildman–Crippen LogP) is 7.20. The molecule has 2 nitrogen and oxygen atoms in total. The molecular weight excluding hydrogens is 372 g/mol. The normalized spacial score (nSPS) is 10.5. The Morgan fingerprint density at radius 3 is 1.83 bits per heavy atom. The molecule has 0 bridgehead atoms. The summed E-state index contributed by atoms with van der Waals surface area (Å²) < 4.78 is 1.97. The van der Waals surface area contributed by atoms with Crippen molar-refractivity contribution < 1.29 is 0 Å². The molecule has 4 aromatic carbocycles. The van der Waals surface area contributed by atoms with E-state index in [9.17, 15) is 0 Å². The molecule has 0 unspecified atom stereocenters.